The average molecular weight is 479 g/mol. The third-order valence-corrected chi connectivity index (χ3v) is 7.83. The van der Waals surface area contributed by atoms with Gasteiger partial charge in [-0.2, -0.15) is 0 Å². The van der Waals surface area contributed by atoms with Gasteiger partial charge in [0.1, 0.15) is 12.1 Å². The monoisotopic (exact) mass is 478 g/mol. The van der Waals surface area contributed by atoms with Crippen LogP contribution in [0.5, 0.6) is 0 Å². The number of carbonyl (C=O) groups is 3. The minimum Gasteiger partial charge on any atom is -0.481 e. The molecule has 1 fully saturated rings. The van der Waals surface area contributed by atoms with E-state index in [4.69, 9.17) is 4.74 Å². The lowest BCUT2D eigenvalue weighted by Gasteiger charge is -2.32. The Kier molecular flexibility index (Phi) is 7.43. The van der Waals surface area contributed by atoms with Crippen molar-refractivity contribution in [3.05, 3.63) is 59.7 Å². The Hall–Kier alpha value is -3.35. The molecule has 0 aliphatic heterocycles. The van der Waals surface area contributed by atoms with Crippen LogP contribution < -0.4 is 10.6 Å². The highest BCUT2D eigenvalue weighted by atomic mass is 16.5. The van der Waals surface area contributed by atoms with Crippen LogP contribution in [0.25, 0.3) is 11.1 Å². The van der Waals surface area contributed by atoms with Gasteiger partial charge in [-0.3, -0.25) is 9.59 Å². The molecule has 2 amide bonds. The number of ether oxygens (including phenoxy) is 1. The van der Waals surface area contributed by atoms with E-state index >= 15 is 0 Å². The van der Waals surface area contributed by atoms with E-state index in [1.165, 1.54) is 0 Å². The standard InChI is InChI=1S/C28H34N2O5/c1-3-28(4-2,26(33)29-16-18-10-9-15-19(18)25(31)32)30-27(34)35-17-24-22-13-7-5-11-20(22)21-12-6-8-14-23(21)24/h5-8,11-14,18-19,24H,3-4,9-10,15-17H2,1-2H3,(H,29,33)(H,30,34)(H,31,32)/t18-,19-/m0/s1. The molecule has 0 unspecified atom stereocenters. The Morgan fingerprint density at radius 3 is 2.14 bits per heavy atom. The molecule has 0 saturated heterocycles. The van der Waals surface area contributed by atoms with Gasteiger partial charge < -0.3 is 20.5 Å². The van der Waals surface area contributed by atoms with Crippen molar-refractivity contribution in [2.75, 3.05) is 13.2 Å². The van der Waals surface area contributed by atoms with E-state index in [2.05, 4.69) is 34.9 Å². The molecule has 3 N–H and O–H groups in total. The van der Waals surface area contributed by atoms with Crippen LogP contribution in [-0.4, -0.2) is 41.8 Å². The molecule has 0 bridgehead atoms. The number of carboxylic acid groups (broad SMARTS) is 1. The van der Waals surface area contributed by atoms with Crippen LogP contribution >= 0.6 is 0 Å². The zero-order chi connectivity index (χ0) is 25.0. The molecule has 2 aromatic carbocycles. The molecule has 1 saturated carbocycles. The maximum Gasteiger partial charge on any atom is 0.408 e. The van der Waals surface area contributed by atoms with Gasteiger partial charge in [-0.1, -0.05) is 68.8 Å². The molecule has 2 aromatic rings. The van der Waals surface area contributed by atoms with Crippen LogP contribution in [0.3, 0.4) is 0 Å². The molecular formula is C28H34N2O5. The van der Waals surface area contributed by atoms with Crippen molar-refractivity contribution in [3.63, 3.8) is 0 Å². The van der Waals surface area contributed by atoms with Gasteiger partial charge in [-0.15, -0.1) is 0 Å². The SMILES string of the molecule is CCC(CC)(NC(=O)OCC1c2ccccc2-c2ccccc21)C(=O)NC[C@@H]1CCC[C@@H]1C(=O)O. The Labute approximate surface area is 206 Å². The number of carbonyl (C=O) groups excluding carboxylic acids is 2. The van der Waals surface area contributed by atoms with Crippen molar-refractivity contribution < 1.29 is 24.2 Å². The third-order valence-electron chi connectivity index (χ3n) is 7.83. The van der Waals surface area contributed by atoms with E-state index in [0.29, 0.717) is 25.8 Å². The van der Waals surface area contributed by atoms with Gasteiger partial charge >= 0.3 is 12.1 Å². The maximum atomic E-state index is 13.2. The number of amides is 2. The normalized spacial score (nSPS) is 19.0. The van der Waals surface area contributed by atoms with Crippen molar-refractivity contribution >= 4 is 18.0 Å². The smallest absolute Gasteiger partial charge is 0.408 e. The number of fused-ring (bicyclic) bond motifs is 3. The molecule has 7 nitrogen and oxygen atoms in total. The van der Waals surface area contributed by atoms with E-state index in [9.17, 15) is 19.5 Å². The number of rotatable bonds is 9. The van der Waals surface area contributed by atoms with Crippen LogP contribution in [-0.2, 0) is 14.3 Å². The second kappa shape index (κ2) is 10.5. The van der Waals surface area contributed by atoms with Crippen molar-refractivity contribution in [2.45, 2.75) is 57.4 Å². The summed E-state index contributed by atoms with van der Waals surface area (Å²) in [7, 11) is 0. The Balaban J connectivity index is 1.39. The lowest BCUT2D eigenvalue weighted by molar-refractivity contribution is -0.143. The summed E-state index contributed by atoms with van der Waals surface area (Å²) in [5.74, 6) is -1.68. The van der Waals surface area contributed by atoms with E-state index in [1.54, 1.807) is 0 Å². The molecule has 35 heavy (non-hydrogen) atoms. The molecule has 0 aromatic heterocycles. The molecule has 7 heteroatoms. The van der Waals surface area contributed by atoms with Gasteiger partial charge in [0.05, 0.1) is 5.92 Å². The topological polar surface area (TPSA) is 105 Å². The maximum absolute atomic E-state index is 13.2. The number of alkyl carbamates (subject to hydrolysis) is 1. The fourth-order valence-corrected chi connectivity index (χ4v) is 5.63. The molecule has 186 valence electrons. The van der Waals surface area contributed by atoms with Crippen molar-refractivity contribution in [3.8, 4) is 11.1 Å². The van der Waals surface area contributed by atoms with Gasteiger partial charge in [-0.05, 0) is 53.9 Å². The lowest BCUT2D eigenvalue weighted by Crippen LogP contribution is -2.59. The number of benzene rings is 2. The average Bonchev–Trinajstić information content (AvgIpc) is 3.47. The molecule has 2 aliphatic carbocycles. The summed E-state index contributed by atoms with van der Waals surface area (Å²) in [5, 5.41) is 15.1. The number of hydrogen-bond donors (Lipinski definition) is 3. The predicted octanol–water partition coefficient (Wildman–Crippen LogP) is 4.70. The summed E-state index contributed by atoms with van der Waals surface area (Å²) < 4.78 is 5.67. The largest absolute Gasteiger partial charge is 0.481 e. The van der Waals surface area contributed by atoms with Gasteiger partial charge in [0, 0.05) is 12.5 Å². The quantitative estimate of drug-likeness (QED) is 0.485. The highest BCUT2D eigenvalue weighted by Gasteiger charge is 2.39. The van der Waals surface area contributed by atoms with Crippen LogP contribution in [0.1, 0.15) is 63.0 Å². The minimum atomic E-state index is -1.11. The van der Waals surface area contributed by atoms with Gasteiger partial charge in [0.15, 0.2) is 0 Å². The minimum absolute atomic E-state index is 0.0602. The molecule has 0 heterocycles. The van der Waals surface area contributed by atoms with Crippen molar-refractivity contribution in [2.24, 2.45) is 11.8 Å². The van der Waals surface area contributed by atoms with Gasteiger partial charge in [0.2, 0.25) is 5.91 Å². The third kappa shape index (κ3) is 4.90. The summed E-state index contributed by atoms with van der Waals surface area (Å²) in [4.78, 5) is 37.5. The summed E-state index contributed by atoms with van der Waals surface area (Å²) >= 11 is 0. The van der Waals surface area contributed by atoms with E-state index < -0.39 is 23.5 Å². The van der Waals surface area contributed by atoms with Crippen LogP contribution in [0, 0.1) is 11.8 Å². The molecule has 2 atom stereocenters. The second-order valence-electron chi connectivity index (χ2n) is 9.59. The number of hydrogen-bond acceptors (Lipinski definition) is 4. The Morgan fingerprint density at radius 1 is 0.971 bits per heavy atom. The Morgan fingerprint density at radius 2 is 1.57 bits per heavy atom. The summed E-state index contributed by atoms with van der Waals surface area (Å²) in [6, 6.07) is 16.3. The highest BCUT2D eigenvalue weighted by Crippen LogP contribution is 2.44. The van der Waals surface area contributed by atoms with Crippen LogP contribution in [0.4, 0.5) is 4.79 Å². The fourth-order valence-electron chi connectivity index (χ4n) is 5.63. The lowest BCUT2D eigenvalue weighted by atomic mass is 9.90. The van der Waals surface area contributed by atoms with Crippen molar-refractivity contribution in [1.29, 1.82) is 0 Å². The fraction of sp³-hybridized carbons (Fsp3) is 0.464. The zero-order valence-corrected chi connectivity index (χ0v) is 20.4. The van der Waals surface area contributed by atoms with E-state index in [-0.39, 0.29) is 24.3 Å². The molecule has 0 spiro atoms. The van der Waals surface area contributed by atoms with Crippen LogP contribution in [0.2, 0.25) is 0 Å². The molecule has 4 rings (SSSR count). The van der Waals surface area contributed by atoms with Gasteiger partial charge in [-0.25, -0.2) is 4.79 Å². The number of nitrogens with one attached hydrogen (secondary N) is 2. The first-order valence-corrected chi connectivity index (χ1v) is 12.5. The van der Waals surface area contributed by atoms with E-state index in [0.717, 1.165) is 35.1 Å². The van der Waals surface area contributed by atoms with E-state index in [1.807, 2.05) is 38.1 Å². The first-order chi connectivity index (χ1) is 16.9. The summed E-state index contributed by atoms with van der Waals surface area (Å²) in [5.41, 5.74) is 3.45. The van der Waals surface area contributed by atoms with Crippen molar-refractivity contribution in [1.82, 2.24) is 10.6 Å². The summed E-state index contributed by atoms with van der Waals surface area (Å²) in [6.07, 6.45) is 2.43. The first-order valence-electron chi connectivity index (χ1n) is 12.5. The second-order valence-corrected chi connectivity index (χ2v) is 9.59. The predicted molar refractivity (Wildman–Crippen MR) is 133 cm³/mol. The molecular weight excluding hydrogens is 444 g/mol. The molecule has 2 aliphatic rings. The molecule has 0 radical (unpaired) electrons. The zero-order valence-electron chi connectivity index (χ0n) is 20.4. The summed E-state index contributed by atoms with van der Waals surface area (Å²) in [6.45, 7) is 4.17. The first kappa shape index (κ1) is 24.8. The van der Waals surface area contributed by atoms with Crippen LogP contribution in [0.15, 0.2) is 48.5 Å². The number of carboxylic acids is 1. The highest BCUT2D eigenvalue weighted by molar-refractivity contribution is 5.90. The Bertz CT molecular complexity index is 1050. The number of aliphatic carboxylic acids is 1. The van der Waals surface area contributed by atoms with Gasteiger partial charge in [0.25, 0.3) is 0 Å².